The van der Waals surface area contributed by atoms with E-state index in [1.54, 1.807) is 25.1 Å². The highest BCUT2D eigenvalue weighted by Gasteiger charge is 2.43. The summed E-state index contributed by atoms with van der Waals surface area (Å²) in [6.07, 6.45) is -5.64. The van der Waals surface area contributed by atoms with Crippen molar-refractivity contribution in [1.29, 1.82) is 0 Å². The van der Waals surface area contributed by atoms with Crippen LogP contribution in [0, 0.1) is 6.92 Å². The number of hydrogen-bond acceptors (Lipinski definition) is 8. The average Bonchev–Trinajstić information content (AvgIpc) is 3.51. The van der Waals surface area contributed by atoms with Crippen LogP contribution in [-0.2, 0) is 33.3 Å². The number of ether oxygens (including phenoxy) is 3. The lowest BCUT2D eigenvalue weighted by atomic mass is 9.95. The molecule has 40 heavy (non-hydrogen) atoms. The maximum absolute atomic E-state index is 14.2. The Balaban J connectivity index is 1.65. The fraction of sp³-hybridized carbons (Fsp3) is 0.333. The van der Waals surface area contributed by atoms with E-state index in [0.717, 1.165) is 10.1 Å². The fourth-order valence-electron chi connectivity index (χ4n) is 4.72. The van der Waals surface area contributed by atoms with Gasteiger partial charge in [0.1, 0.15) is 30.1 Å². The molecule has 1 aliphatic rings. The molecule has 0 spiro atoms. The molecule has 3 heterocycles. The van der Waals surface area contributed by atoms with E-state index < -0.39 is 30.2 Å². The number of oxazole rings is 1. The standard InChI is InChI=1S/C27H24ClF3N4O5/c1-4-38-23(36)11-16-13-32-22(39-16)12-21-25-33-34-26(27(29,30)31)35(25)19-9-8-15(28)10-18(19)24(40-21)17-6-5-7-20(37-3)14(17)2/h5-10,13,21,24H,4,11-12H2,1-3H3/t21-,24-/m1/s1. The number of esters is 1. The maximum Gasteiger partial charge on any atom is 0.452 e. The lowest BCUT2D eigenvalue weighted by Gasteiger charge is -2.24. The van der Waals surface area contributed by atoms with E-state index in [1.165, 1.54) is 25.4 Å². The maximum atomic E-state index is 14.2. The van der Waals surface area contributed by atoms with Gasteiger partial charge in [0, 0.05) is 10.6 Å². The van der Waals surface area contributed by atoms with Crippen LogP contribution in [0.25, 0.3) is 5.69 Å². The summed E-state index contributed by atoms with van der Waals surface area (Å²) < 4.78 is 66.1. The Hall–Kier alpha value is -3.90. The van der Waals surface area contributed by atoms with Crippen LogP contribution < -0.4 is 4.74 Å². The van der Waals surface area contributed by atoms with Crippen molar-refractivity contribution in [2.75, 3.05) is 13.7 Å². The number of rotatable bonds is 7. The minimum Gasteiger partial charge on any atom is -0.496 e. The third-order valence-electron chi connectivity index (χ3n) is 6.46. The number of benzene rings is 2. The number of alkyl halides is 3. The lowest BCUT2D eigenvalue weighted by molar-refractivity contribution is -0.146. The number of nitrogens with zero attached hydrogens (tertiary/aromatic N) is 4. The van der Waals surface area contributed by atoms with Gasteiger partial charge in [-0.25, -0.2) is 4.98 Å². The molecule has 5 rings (SSSR count). The average molecular weight is 577 g/mol. The van der Waals surface area contributed by atoms with Crippen molar-refractivity contribution in [2.45, 2.75) is 45.1 Å². The van der Waals surface area contributed by atoms with Gasteiger partial charge < -0.3 is 18.6 Å². The van der Waals surface area contributed by atoms with Crippen LogP contribution in [0.5, 0.6) is 5.75 Å². The molecule has 9 nitrogen and oxygen atoms in total. The third-order valence-corrected chi connectivity index (χ3v) is 6.69. The number of hydrogen-bond donors (Lipinski definition) is 0. The van der Waals surface area contributed by atoms with Crippen molar-refractivity contribution in [3.05, 3.63) is 87.6 Å². The third kappa shape index (κ3) is 5.28. The van der Waals surface area contributed by atoms with Crippen molar-refractivity contribution in [1.82, 2.24) is 19.7 Å². The first-order chi connectivity index (χ1) is 19.1. The van der Waals surface area contributed by atoms with Gasteiger partial charge in [0.05, 0.1) is 32.0 Å². The second kappa shape index (κ2) is 10.9. The highest BCUT2D eigenvalue weighted by molar-refractivity contribution is 6.30. The molecule has 4 aromatic rings. The van der Waals surface area contributed by atoms with Crippen molar-refractivity contribution in [2.24, 2.45) is 0 Å². The van der Waals surface area contributed by atoms with Gasteiger partial charge in [-0.05, 0) is 49.2 Å². The van der Waals surface area contributed by atoms with Crippen LogP contribution in [0.3, 0.4) is 0 Å². The summed E-state index contributed by atoms with van der Waals surface area (Å²) >= 11 is 6.34. The van der Waals surface area contributed by atoms with Gasteiger partial charge in [0.25, 0.3) is 0 Å². The minimum atomic E-state index is -4.81. The van der Waals surface area contributed by atoms with Gasteiger partial charge in [-0.1, -0.05) is 23.7 Å². The lowest BCUT2D eigenvalue weighted by Crippen LogP contribution is -2.17. The number of aromatic nitrogens is 4. The zero-order valence-corrected chi connectivity index (χ0v) is 22.4. The smallest absolute Gasteiger partial charge is 0.452 e. The topological polar surface area (TPSA) is 102 Å². The normalized spacial score (nSPS) is 16.7. The Morgan fingerprint density at radius 2 is 1.98 bits per heavy atom. The summed E-state index contributed by atoms with van der Waals surface area (Å²) in [5.74, 6) is -0.835. The van der Waals surface area contributed by atoms with Gasteiger partial charge in [-0.15, -0.1) is 10.2 Å². The van der Waals surface area contributed by atoms with Crippen LogP contribution in [0.1, 0.15) is 59.1 Å². The van der Waals surface area contributed by atoms with E-state index in [-0.39, 0.29) is 42.6 Å². The molecule has 1 aliphatic heterocycles. The van der Waals surface area contributed by atoms with Crippen molar-refractivity contribution < 1.29 is 36.6 Å². The molecule has 0 amide bonds. The Kier molecular flexibility index (Phi) is 7.56. The molecule has 0 aliphatic carbocycles. The van der Waals surface area contributed by atoms with Gasteiger partial charge >= 0.3 is 12.1 Å². The largest absolute Gasteiger partial charge is 0.496 e. The molecular formula is C27H24ClF3N4O5. The number of carbonyl (C=O) groups excluding carboxylic acids is 1. The van der Waals surface area contributed by atoms with Crippen molar-refractivity contribution >= 4 is 17.6 Å². The summed E-state index contributed by atoms with van der Waals surface area (Å²) in [5.41, 5.74) is 1.95. The van der Waals surface area contributed by atoms with Gasteiger partial charge in [0.2, 0.25) is 5.82 Å². The molecule has 0 bridgehead atoms. The Labute approximate surface area is 231 Å². The monoisotopic (exact) mass is 576 g/mol. The zero-order valence-electron chi connectivity index (χ0n) is 21.7. The predicted octanol–water partition coefficient (Wildman–Crippen LogP) is 5.75. The van der Waals surface area contributed by atoms with E-state index in [4.69, 9.17) is 30.2 Å². The highest BCUT2D eigenvalue weighted by atomic mass is 35.5. The SMILES string of the molecule is CCOC(=O)Cc1cnc(C[C@H]2O[C@H](c3cccc(OC)c3C)c3cc(Cl)ccc3-n3c2nnc3C(F)(F)F)o1. The molecule has 0 saturated carbocycles. The molecule has 0 N–H and O–H groups in total. The van der Waals surface area contributed by atoms with Crippen LogP contribution in [-0.4, -0.2) is 39.4 Å². The molecule has 0 radical (unpaired) electrons. The first kappa shape index (κ1) is 27.7. The van der Waals surface area contributed by atoms with Gasteiger partial charge in [-0.3, -0.25) is 9.36 Å². The number of methoxy groups -OCH3 is 1. The zero-order chi connectivity index (χ0) is 28.6. The quantitative estimate of drug-likeness (QED) is 0.256. The molecule has 0 saturated heterocycles. The van der Waals surface area contributed by atoms with Crippen LogP contribution in [0.15, 0.2) is 47.0 Å². The van der Waals surface area contributed by atoms with Gasteiger partial charge in [-0.2, -0.15) is 13.2 Å². The van der Waals surface area contributed by atoms with Crippen LogP contribution >= 0.6 is 11.6 Å². The summed E-state index contributed by atoms with van der Waals surface area (Å²) in [6, 6.07) is 9.90. The number of halogens is 4. The summed E-state index contributed by atoms with van der Waals surface area (Å²) in [4.78, 5) is 16.1. The molecular weight excluding hydrogens is 553 g/mol. The van der Waals surface area contributed by atoms with E-state index >= 15 is 0 Å². The van der Waals surface area contributed by atoms with Crippen LogP contribution in [0.4, 0.5) is 13.2 Å². The van der Waals surface area contributed by atoms with E-state index in [2.05, 4.69) is 15.2 Å². The summed E-state index contributed by atoms with van der Waals surface area (Å²) in [6.45, 7) is 3.73. The van der Waals surface area contributed by atoms with Crippen LogP contribution in [0.2, 0.25) is 5.02 Å². The number of carbonyl (C=O) groups is 1. The second-order valence-corrected chi connectivity index (χ2v) is 9.44. The molecule has 2 aromatic heterocycles. The molecule has 13 heteroatoms. The molecule has 0 unspecified atom stereocenters. The molecule has 210 valence electrons. The van der Waals surface area contributed by atoms with E-state index in [9.17, 15) is 18.0 Å². The Bertz CT molecular complexity index is 1550. The first-order valence-corrected chi connectivity index (χ1v) is 12.7. The fourth-order valence-corrected chi connectivity index (χ4v) is 4.90. The first-order valence-electron chi connectivity index (χ1n) is 12.3. The van der Waals surface area contributed by atoms with E-state index in [1.807, 2.05) is 13.0 Å². The number of fused-ring (bicyclic) bond motifs is 3. The minimum absolute atomic E-state index is 0.0934. The van der Waals surface area contributed by atoms with E-state index in [0.29, 0.717) is 21.9 Å². The molecule has 2 atom stereocenters. The Morgan fingerprint density at radius 1 is 1.18 bits per heavy atom. The second-order valence-electron chi connectivity index (χ2n) is 9.00. The summed E-state index contributed by atoms with van der Waals surface area (Å²) in [5, 5.41) is 7.70. The molecule has 0 fully saturated rings. The van der Waals surface area contributed by atoms with Gasteiger partial charge in [0.15, 0.2) is 11.7 Å². The van der Waals surface area contributed by atoms with Crippen molar-refractivity contribution in [3.63, 3.8) is 0 Å². The van der Waals surface area contributed by atoms with Crippen molar-refractivity contribution in [3.8, 4) is 11.4 Å². The predicted molar refractivity (Wildman–Crippen MR) is 135 cm³/mol. The molecule has 2 aromatic carbocycles. The Morgan fingerprint density at radius 3 is 2.70 bits per heavy atom. The summed E-state index contributed by atoms with van der Waals surface area (Å²) in [7, 11) is 1.53. The highest BCUT2D eigenvalue weighted by Crippen LogP contribution is 2.45.